The van der Waals surface area contributed by atoms with Gasteiger partial charge in [-0.15, -0.1) is 0 Å². The Morgan fingerprint density at radius 3 is 2.64 bits per heavy atom. The molecule has 0 unspecified atom stereocenters. The highest BCUT2D eigenvalue weighted by Gasteiger charge is 2.39. The van der Waals surface area contributed by atoms with Crippen LogP contribution in [0.4, 0.5) is 5.82 Å². The minimum atomic E-state index is -0.117. The molecule has 2 aliphatic heterocycles. The van der Waals surface area contributed by atoms with Crippen molar-refractivity contribution in [3.05, 3.63) is 23.9 Å². The number of nitrogens with one attached hydrogen (secondary N) is 1. The molecule has 1 aromatic rings. The molecular formula is C21H31N5O2. The van der Waals surface area contributed by atoms with Crippen molar-refractivity contribution in [2.24, 2.45) is 5.92 Å². The highest BCUT2D eigenvalue weighted by atomic mass is 16.2. The van der Waals surface area contributed by atoms with Gasteiger partial charge in [0.25, 0.3) is 5.91 Å². The number of nitrogens with two attached hydrogens (primary N) is 1. The van der Waals surface area contributed by atoms with Crippen LogP contribution >= 0.6 is 0 Å². The van der Waals surface area contributed by atoms with Gasteiger partial charge in [0.2, 0.25) is 5.91 Å². The summed E-state index contributed by atoms with van der Waals surface area (Å²) < 4.78 is 0. The first-order valence-corrected chi connectivity index (χ1v) is 10.6. The summed E-state index contributed by atoms with van der Waals surface area (Å²) in [5, 5.41) is 3.08. The normalized spacial score (nSPS) is 30.7. The van der Waals surface area contributed by atoms with Crippen molar-refractivity contribution in [1.82, 2.24) is 20.1 Å². The van der Waals surface area contributed by atoms with E-state index in [0.29, 0.717) is 29.4 Å². The Balaban J connectivity index is 1.28. The predicted octanol–water partition coefficient (Wildman–Crippen LogP) is 1.65. The lowest BCUT2D eigenvalue weighted by molar-refractivity contribution is -0.142. The third kappa shape index (κ3) is 3.99. The molecule has 28 heavy (non-hydrogen) atoms. The van der Waals surface area contributed by atoms with Crippen molar-refractivity contribution >= 4 is 17.6 Å². The molecule has 3 heterocycles. The number of nitrogen functional groups attached to an aromatic ring is 1. The molecule has 152 valence electrons. The van der Waals surface area contributed by atoms with Gasteiger partial charge in [-0.1, -0.05) is 0 Å². The summed E-state index contributed by atoms with van der Waals surface area (Å²) >= 11 is 0. The van der Waals surface area contributed by atoms with Gasteiger partial charge in [0.05, 0.1) is 5.56 Å². The zero-order valence-corrected chi connectivity index (χ0v) is 16.6. The molecule has 0 radical (unpaired) electrons. The lowest BCUT2D eigenvalue weighted by Gasteiger charge is -2.44. The molecule has 3 fully saturated rings. The van der Waals surface area contributed by atoms with Crippen molar-refractivity contribution < 1.29 is 9.59 Å². The van der Waals surface area contributed by atoms with Crippen molar-refractivity contribution in [2.75, 3.05) is 25.4 Å². The molecule has 1 saturated carbocycles. The van der Waals surface area contributed by atoms with E-state index in [0.717, 1.165) is 38.8 Å². The number of rotatable bonds is 3. The lowest BCUT2D eigenvalue weighted by atomic mass is 9.84. The molecule has 7 heteroatoms. The van der Waals surface area contributed by atoms with Gasteiger partial charge in [-0.3, -0.25) is 14.5 Å². The second kappa shape index (κ2) is 8.07. The molecule has 1 aliphatic carbocycles. The van der Waals surface area contributed by atoms with Gasteiger partial charge in [0, 0.05) is 43.3 Å². The largest absolute Gasteiger partial charge is 0.384 e. The van der Waals surface area contributed by atoms with E-state index in [1.807, 2.05) is 0 Å². The number of carbonyl (C=O) groups excluding carboxylic acids is 2. The maximum Gasteiger partial charge on any atom is 0.253 e. The molecule has 4 rings (SSSR count). The third-order valence-electron chi connectivity index (χ3n) is 6.68. The molecule has 2 amide bonds. The van der Waals surface area contributed by atoms with Crippen LogP contribution in [-0.4, -0.2) is 64.4 Å². The van der Waals surface area contributed by atoms with Gasteiger partial charge in [-0.25, -0.2) is 4.98 Å². The summed E-state index contributed by atoms with van der Waals surface area (Å²) in [7, 11) is 0. The number of anilines is 1. The van der Waals surface area contributed by atoms with E-state index in [1.54, 1.807) is 12.1 Å². The number of aromatic nitrogens is 1. The zero-order valence-electron chi connectivity index (χ0n) is 16.6. The van der Waals surface area contributed by atoms with E-state index in [9.17, 15) is 9.59 Å². The Labute approximate surface area is 166 Å². The maximum atomic E-state index is 13.1. The molecule has 7 nitrogen and oxygen atoms in total. The first-order valence-electron chi connectivity index (χ1n) is 10.6. The summed E-state index contributed by atoms with van der Waals surface area (Å²) in [6, 6.07) is 4.31. The van der Waals surface area contributed by atoms with Gasteiger partial charge in [-0.2, -0.15) is 0 Å². The SMILES string of the molecule is C[C@@H]1CN2CCC[C@@H]2CN1C(=O)C1CCC(NC(=O)c2ccc(N)nc2)CC1. The standard InChI is InChI=1S/C21H31N5O2/c1-14-12-25-10-2-3-18(25)13-26(14)21(28)15-4-7-17(8-5-15)24-20(27)16-6-9-19(22)23-11-16/h6,9,11,14-15,17-18H,2-5,7-8,10,12-13H2,1H3,(H2,22,23)(H,24,27)/t14-,15?,17?,18-/m1/s1. The van der Waals surface area contributed by atoms with E-state index in [-0.39, 0.29) is 17.9 Å². The second-order valence-electron chi connectivity index (χ2n) is 8.62. The number of carbonyl (C=O) groups is 2. The van der Waals surface area contributed by atoms with E-state index >= 15 is 0 Å². The second-order valence-corrected chi connectivity index (χ2v) is 8.62. The average Bonchev–Trinajstić information content (AvgIpc) is 3.15. The van der Waals surface area contributed by atoms with Gasteiger partial charge >= 0.3 is 0 Å². The van der Waals surface area contributed by atoms with Crippen LogP contribution in [0.15, 0.2) is 18.3 Å². The van der Waals surface area contributed by atoms with E-state index in [1.165, 1.54) is 25.6 Å². The Kier molecular flexibility index (Phi) is 5.53. The van der Waals surface area contributed by atoms with Crippen LogP contribution in [-0.2, 0) is 4.79 Å². The smallest absolute Gasteiger partial charge is 0.253 e. The number of fused-ring (bicyclic) bond motifs is 1. The molecule has 0 aromatic carbocycles. The fraction of sp³-hybridized carbons (Fsp3) is 0.667. The molecule has 0 spiro atoms. The first kappa shape index (κ1) is 19.2. The summed E-state index contributed by atoms with van der Waals surface area (Å²) in [5.41, 5.74) is 6.10. The first-order chi connectivity index (χ1) is 13.5. The van der Waals surface area contributed by atoms with E-state index in [2.05, 4.69) is 27.0 Å². The van der Waals surface area contributed by atoms with Crippen LogP contribution in [0.5, 0.6) is 0 Å². The third-order valence-corrected chi connectivity index (χ3v) is 6.68. The van der Waals surface area contributed by atoms with Gasteiger partial charge < -0.3 is 16.0 Å². The number of hydrogen-bond acceptors (Lipinski definition) is 5. The van der Waals surface area contributed by atoms with Gasteiger partial charge in [0.1, 0.15) is 5.82 Å². The molecule has 2 saturated heterocycles. The van der Waals surface area contributed by atoms with Crippen LogP contribution in [0.25, 0.3) is 0 Å². The topological polar surface area (TPSA) is 91.6 Å². The number of amides is 2. The van der Waals surface area contributed by atoms with E-state index in [4.69, 9.17) is 5.73 Å². The molecule has 3 aliphatic rings. The van der Waals surface area contributed by atoms with Crippen LogP contribution in [0, 0.1) is 5.92 Å². The number of piperazine rings is 1. The summed E-state index contributed by atoms with van der Waals surface area (Å²) in [5.74, 6) is 0.713. The summed E-state index contributed by atoms with van der Waals surface area (Å²) in [6.45, 7) is 5.27. The van der Waals surface area contributed by atoms with Crippen molar-refractivity contribution in [1.29, 1.82) is 0 Å². The highest BCUT2D eigenvalue weighted by molar-refractivity contribution is 5.94. The summed E-state index contributed by atoms with van der Waals surface area (Å²) in [6.07, 6.45) is 7.38. The van der Waals surface area contributed by atoms with Crippen LogP contribution in [0.2, 0.25) is 0 Å². The Morgan fingerprint density at radius 2 is 1.93 bits per heavy atom. The molecule has 3 N–H and O–H groups in total. The van der Waals surface area contributed by atoms with Crippen molar-refractivity contribution in [2.45, 2.75) is 63.6 Å². The van der Waals surface area contributed by atoms with Crippen LogP contribution in [0.3, 0.4) is 0 Å². The van der Waals surface area contributed by atoms with E-state index < -0.39 is 0 Å². The average molecular weight is 386 g/mol. The minimum Gasteiger partial charge on any atom is -0.384 e. The minimum absolute atomic E-state index is 0.0988. The zero-order chi connectivity index (χ0) is 19.7. The number of hydrogen-bond donors (Lipinski definition) is 2. The molecular weight excluding hydrogens is 354 g/mol. The Bertz CT molecular complexity index is 714. The van der Waals surface area contributed by atoms with Crippen LogP contribution in [0.1, 0.15) is 55.8 Å². The maximum absolute atomic E-state index is 13.1. The van der Waals surface area contributed by atoms with Crippen LogP contribution < -0.4 is 11.1 Å². The van der Waals surface area contributed by atoms with Crippen molar-refractivity contribution in [3.8, 4) is 0 Å². The monoisotopic (exact) mass is 385 g/mol. The predicted molar refractivity (Wildman–Crippen MR) is 108 cm³/mol. The lowest BCUT2D eigenvalue weighted by Crippen LogP contribution is -2.58. The Morgan fingerprint density at radius 1 is 1.14 bits per heavy atom. The summed E-state index contributed by atoms with van der Waals surface area (Å²) in [4.78, 5) is 34.2. The molecule has 2 atom stereocenters. The number of pyridine rings is 1. The molecule has 0 bridgehead atoms. The van der Waals surface area contributed by atoms with Gasteiger partial charge in [0.15, 0.2) is 0 Å². The van der Waals surface area contributed by atoms with Crippen molar-refractivity contribution in [3.63, 3.8) is 0 Å². The highest BCUT2D eigenvalue weighted by Crippen LogP contribution is 2.30. The fourth-order valence-electron chi connectivity index (χ4n) is 5.02. The fourth-order valence-corrected chi connectivity index (χ4v) is 5.02. The quantitative estimate of drug-likeness (QED) is 0.825. The Hall–Kier alpha value is -2.15. The number of nitrogens with zero attached hydrogens (tertiary/aromatic N) is 3. The van der Waals surface area contributed by atoms with Gasteiger partial charge in [-0.05, 0) is 64.1 Å². The molecule has 1 aromatic heterocycles.